The van der Waals surface area contributed by atoms with Crippen LogP contribution < -0.4 is 29.3 Å². The second kappa shape index (κ2) is 12.2. The average Bonchev–Trinajstić information content (AvgIpc) is 3.30. The van der Waals surface area contributed by atoms with E-state index in [-0.39, 0.29) is 17.9 Å². The van der Waals surface area contributed by atoms with Crippen molar-refractivity contribution in [1.29, 1.82) is 0 Å². The number of carbonyl (C=O) groups is 1. The molecule has 12 nitrogen and oxygen atoms in total. The summed E-state index contributed by atoms with van der Waals surface area (Å²) >= 11 is 1.14. The van der Waals surface area contributed by atoms with Crippen molar-refractivity contribution in [2.24, 2.45) is 4.99 Å². The summed E-state index contributed by atoms with van der Waals surface area (Å²) in [5.41, 5.74) is 1.89. The number of hydrogen-bond donors (Lipinski definition) is 0. The van der Waals surface area contributed by atoms with E-state index < -0.39 is 22.5 Å². The number of thiazole rings is 1. The molecule has 0 radical (unpaired) electrons. The lowest BCUT2D eigenvalue weighted by molar-refractivity contribution is -0.384. The monoisotopic (exact) mass is 594 g/mol. The van der Waals surface area contributed by atoms with Crippen molar-refractivity contribution in [2.75, 3.05) is 52.0 Å². The fourth-order valence-electron chi connectivity index (χ4n) is 5.14. The summed E-state index contributed by atoms with van der Waals surface area (Å²) in [5.74, 6) is 0.355. The molecule has 42 heavy (non-hydrogen) atoms. The SMILES string of the molecule is CCOC(=O)C1=C(C)N=c2s/c(=C\c3cc([N+](=O)[O-])ccc3N3CCOCC3)c(=O)n2[C@@H]1c1cc(OC)ccc1OC. The van der Waals surface area contributed by atoms with Gasteiger partial charge in [0.25, 0.3) is 11.2 Å². The number of morpholine rings is 1. The Kier molecular flexibility index (Phi) is 8.41. The van der Waals surface area contributed by atoms with E-state index in [0.29, 0.717) is 64.0 Å². The van der Waals surface area contributed by atoms with Crippen molar-refractivity contribution in [1.82, 2.24) is 4.57 Å². The van der Waals surface area contributed by atoms with Crippen molar-refractivity contribution < 1.29 is 28.7 Å². The van der Waals surface area contributed by atoms with Gasteiger partial charge in [-0.3, -0.25) is 19.5 Å². The summed E-state index contributed by atoms with van der Waals surface area (Å²) in [6, 6.07) is 8.84. The van der Waals surface area contributed by atoms with E-state index >= 15 is 0 Å². The van der Waals surface area contributed by atoms with Gasteiger partial charge >= 0.3 is 5.97 Å². The lowest BCUT2D eigenvalue weighted by Crippen LogP contribution is -2.40. The minimum Gasteiger partial charge on any atom is -0.497 e. The topological polar surface area (TPSA) is 135 Å². The van der Waals surface area contributed by atoms with Gasteiger partial charge in [-0.15, -0.1) is 0 Å². The molecule has 2 aliphatic rings. The van der Waals surface area contributed by atoms with E-state index in [2.05, 4.69) is 9.89 Å². The van der Waals surface area contributed by atoms with Crippen LogP contribution in [0.5, 0.6) is 11.5 Å². The van der Waals surface area contributed by atoms with Gasteiger partial charge in [0, 0.05) is 42.0 Å². The predicted octanol–water partition coefficient (Wildman–Crippen LogP) is 2.56. The quantitative estimate of drug-likeness (QED) is 0.219. The van der Waals surface area contributed by atoms with Crippen LogP contribution >= 0.6 is 11.3 Å². The Morgan fingerprint density at radius 2 is 1.95 bits per heavy atom. The van der Waals surface area contributed by atoms with Gasteiger partial charge in [0.05, 0.1) is 54.8 Å². The Hall–Kier alpha value is -4.49. The molecule has 0 unspecified atom stereocenters. The molecule has 1 atom stereocenters. The van der Waals surface area contributed by atoms with E-state index in [9.17, 15) is 19.7 Å². The zero-order valence-electron chi connectivity index (χ0n) is 23.6. The summed E-state index contributed by atoms with van der Waals surface area (Å²) in [6.07, 6.45) is 1.64. The molecule has 1 fully saturated rings. The van der Waals surface area contributed by atoms with Crippen LogP contribution in [0.1, 0.15) is 31.0 Å². The first kappa shape index (κ1) is 29.0. The minimum atomic E-state index is -0.920. The van der Waals surface area contributed by atoms with E-state index in [4.69, 9.17) is 18.9 Å². The Labute approximate surface area is 244 Å². The molecular weight excluding hydrogens is 564 g/mol. The summed E-state index contributed by atoms with van der Waals surface area (Å²) in [5, 5.41) is 11.6. The predicted molar refractivity (Wildman–Crippen MR) is 156 cm³/mol. The zero-order chi connectivity index (χ0) is 30.0. The van der Waals surface area contributed by atoms with Gasteiger partial charge in [0.15, 0.2) is 4.80 Å². The Bertz CT molecular complexity index is 1750. The number of allylic oxidation sites excluding steroid dienone is 1. The van der Waals surface area contributed by atoms with Crippen molar-refractivity contribution in [3.63, 3.8) is 0 Å². The first-order chi connectivity index (χ1) is 20.3. The fourth-order valence-corrected chi connectivity index (χ4v) is 6.18. The molecule has 1 saturated heterocycles. The molecule has 2 aromatic carbocycles. The Balaban J connectivity index is 1.76. The molecule has 3 heterocycles. The number of esters is 1. The number of aromatic nitrogens is 1. The van der Waals surface area contributed by atoms with Crippen LogP contribution in [0.15, 0.2) is 57.5 Å². The highest BCUT2D eigenvalue weighted by molar-refractivity contribution is 7.07. The van der Waals surface area contributed by atoms with Crippen LogP contribution in [0.3, 0.4) is 0 Å². The Morgan fingerprint density at radius 1 is 1.19 bits per heavy atom. The maximum Gasteiger partial charge on any atom is 0.338 e. The van der Waals surface area contributed by atoms with Crippen LogP contribution in [0, 0.1) is 10.1 Å². The van der Waals surface area contributed by atoms with Crippen LogP contribution in [0.4, 0.5) is 11.4 Å². The molecule has 0 amide bonds. The molecule has 0 spiro atoms. The number of nitro benzene ring substituents is 1. The zero-order valence-corrected chi connectivity index (χ0v) is 24.4. The number of non-ortho nitro benzene ring substituents is 1. The van der Waals surface area contributed by atoms with Gasteiger partial charge in [-0.2, -0.15) is 0 Å². The highest BCUT2D eigenvalue weighted by Gasteiger charge is 2.35. The maximum absolute atomic E-state index is 14.2. The molecule has 0 bridgehead atoms. The molecule has 0 saturated carbocycles. The molecule has 13 heteroatoms. The number of hydrogen-bond acceptors (Lipinski definition) is 11. The van der Waals surface area contributed by atoms with E-state index in [1.165, 1.54) is 30.9 Å². The molecule has 1 aromatic heterocycles. The minimum absolute atomic E-state index is 0.0922. The lowest BCUT2D eigenvalue weighted by Gasteiger charge is -2.30. The molecule has 2 aliphatic heterocycles. The number of ether oxygens (including phenoxy) is 4. The van der Waals surface area contributed by atoms with Crippen LogP contribution in [0.25, 0.3) is 6.08 Å². The Morgan fingerprint density at radius 3 is 2.62 bits per heavy atom. The normalized spacial score (nSPS) is 17.0. The van der Waals surface area contributed by atoms with Crippen molar-refractivity contribution >= 4 is 34.8 Å². The van der Waals surface area contributed by atoms with Gasteiger partial charge in [-0.25, -0.2) is 9.79 Å². The fraction of sp³-hybridized carbons (Fsp3) is 0.345. The van der Waals surface area contributed by atoms with E-state index in [1.807, 2.05) is 0 Å². The van der Waals surface area contributed by atoms with E-state index in [1.54, 1.807) is 44.2 Å². The number of benzene rings is 2. The number of anilines is 1. The molecule has 0 N–H and O–H groups in total. The molecule has 220 valence electrons. The lowest BCUT2D eigenvalue weighted by atomic mass is 9.94. The first-order valence-electron chi connectivity index (χ1n) is 13.3. The summed E-state index contributed by atoms with van der Waals surface area (Å²) in [6.45, 7) is 5.80. The van der Waals surface area contributed by atoms with Gasteiger partial charge in [-0.05, 0) is 44.2 Å². The molecule has 5 rings (SSSR count). The van der Waals surface area contributed by atoms with Crippen molar-refractivity contribution in [2.45, 2.75) is 19.9 Å². The second-order valence-electron chi connectivity index (χ2n) is 9.51. The van der Waals surface area contributed by atoms with Crippen LogP contribution in [0.2, 0.25) is 0 Å². The highest BCUT2D eigenvalue weighted by Crippen LogP contribution is 2.38. The number of carbonyl (C=O) groups excluding carboxylic acids is 1. The van der Waals surface area contributed by atoms with Gasteiger partial charge in [0.2, 0.25) is 0 Å². The standard InChI is InChI=1S/C29H30N4O8S/c1-5-41-28(35)25-17(2)30-29-32(26(25)21-16-20(38-3)7-9-23(21)39-4)27(34)24(42-29)15-18-14-19(33(36)37)6-8-22(18)31-10-12-40-13-11-31/h6-9,14-16,26H,5,10-13H2,1-4H3/b24-15-/t26-/m1/s1. The number of nitro groups is 1. The number of rotatable bonds is 8. The number of nitrogens with zero attached hydrogens (tertiary/aromatic N) is 4. The highest BCUT2D eigenvalue weighted by atomic mass is 32.1. The first-order valence-corrected chi connectivity index (χ1v) is 14.1. The van der Waals surface area contributed by atoms with Crippen molar-refractivity contribution in [3.05, 3.63) is 88.6 Å². The van der Waals surface area contributed by atoms with Gasteiger partial charge in [-0.1, -0.05) is 11.3 Å². The maximum atomic E-state index is 14.2. The van der Waals surface area contributed by atoms with Crippen LogP contribution in [-0.2, 0) is 14.3 Å². The van der Waals surface area contributed by atoms with Crippen molar-refractivity contribution in [3.8, 4) is 11.5 Å². The third kappa shape index (κ3) is 5.40. The molecule has 0 aliphatic carbocycles. The third-order valence-electron chi connectivity index (χ3n) is 7.11. The summed E-state index contributed by atoms with van der Waals surface area (Å²) in [7, 11) is 3.03. The number of fused-ring (bicyclic) bond motifs is 1. The molecular formula is C29H30N4O8S. The number of methoxy groups -OCH3 is 2. The summed E-state index contributed by atoms with van der Waals surface area (Å²) < 4.78 is 23.7. The van der Waals surface area contributed by atoms with E-state index in [0.717, 1.165) is 17.0 Å². The van der Waals surface area contributed by atoms with Crippen LogP contribution in [-0.4, -0.2) is 62.6 Å². The third-order valence-corrected chi connectivity index (χ3v) is 8.09. The molecule has 3 aromatic rings. The average molecular weight is 595 g/mol. The smallest absolute Gasteiger partial charge is 0.338 e. The largest absolute Gasteiger partial charge is 0.497 e. The second-order valence-corrected chi connectivity index (χ2v) is 10.5. The van der Waals surface area contributed by atoms with Gasteiger partial charge in [0.1, 0.15) is 17.5 Å². The summed E-state index contributed by atoms with van der Waals surface area (Å²) in [4.78, 5) is 45.7. The van der Waals surface area contributed by atoms with Gasteiger partial charge < -0.3 is 23.8 Å².